The normalized spacial score (nSPS) is 10.7. The van der Waals surface area contributed by atoms with Gasteiger partial charge in [-0.2, -0.15) is 0 Å². The second-order valence-electron chi connectivity index (χ2n) is 4.37. The zero-order valence-electron chi connectivity index (χ0n) is 10.8. The highest BCUT2D eigenvalue weighted by molar-refractivity contribution is 7.22. The van der Waals surface area contributed by atoms with Gasteiger partial charge in [0.25, 0.3) is 5.91 Å². The number of hydrogen-bond donors (Lipinski definition) is 2. The lowest BCUT2D eigenvalue weighted by molar-refractivity contribution is 0.102. The third kappa shape index (κ3) is 2.33. The summed E-state index contributed by atoms with van der Waals surface area (Å²) in [5.41, 5.74) is 8.46. The molecule has 0 unspecified atom stereocenters. The summed E-state index contributed by atoms with van der Waals surface area (Å²) in [7, 11) is 0. The Labute approximate surface area is 119 Å². The van der Waals surface area contributed by atoms with Crippen molar-refractivity contribution in [3.05, 3.63) is 47.8 Å². The van der Waals surface area contributed by atoms with E-state index in [1.54, 1.807) is 18.3 Å². The van der Waals surface area contributed by atoms with E-state index in [1.807, 2.05) is 25.1 Å². The quantitative estimate of drug-likeness (QED) is 0.709. The first-order chi connectivity index (χ1) is 9.63. The topological polar surface area (TPSA) is 80.9 Å². The van der Waals surface area contributed by atoms with Gasteiger partial charge in [0.2, 0.25) is 0 Å². The third-order valence-electron chi connectivity index (χ3n) is 2.86. The monoisotopic (exact) mass is 284 g/mol. The summed E-state index contributed by atoms with van der Waals surface area (Å²) in [6.07, 6.45) is 1.60. The summed E-state index contributed by atoms with van der Waals surface area (Å²) in [6, 6.07) is 9.11. The van der Waals surface area contributed by atoms with E-state index in [2.05, 4.69) is 15.3 Å². The highest BCUT2D eigenvalue weighted by Gasteiger charge is 2.12. The van der Waals surface area contributed by atoms with Crippen molar-refractivity contribution >= 4 is 38.3 Å². The molecular weight excluding hydrogens is 272 g/mol. The Bertz CT molecular complexity index is 797. The van der Waals surface area contributed by atoms with Gasteiger partial charge in [0.15, 0.2) is 5.13 Å². The number of hydrogen-bond acceptors (Lipinski definition) is 5. The van der Waals surface area contributed by atoms with Crippen molar-refractivity contribution in [2.24, 2.45) is 0 Å². The summed E-state index contributed by atoms with van der Waals surface area (Å²) in [5.74, 6) is -0.255. The second kappa shape index (κ2) is 4.90. The van der Waals surface area contributed by atoms with Gasteiger partial charge in [0, 0.05) is 11.9 Å². The van der Waals surface area contributed by atoms with Crippen molar-refractivity contribution in [3.63, 3.8) is 0 Å². The average Bonchev–Trinajstić information content (AvgIpc) is 2.80. The standard InChI is InChI=1S/C14H12N4OS/c1-8-3-2-6-16-12(8)13(19)18-14-17-10-5-4-9(15)7-11(10)20-14/h2-7H,15H2,1H3,(H,17,18,19). The highest BCUT2D eigenvalue weighted by atomic mass is 32.1. The number of aryl methyl sites for hydroxylation is 1. The van der Waals surface area contributed by atoms with Crippen LogP contribution < -0.4 is 11.1 Å². The molecule has 3 N–H and O–H groups in total. The fraction of sp³-hybridized carbons (Fsp3) is 0.0714. The van der Waals surface area contributed by atoms with Crippen LogP contribution in [0.4, 0.5) is 10.8 Å². The van der Waals surface area contributed by atoms with Crippen LogP contribution in [-0.2, 0) is 0 Å². The van der Waals surface area contributed by atoms with Gasteiger partial charge in [0.1, 0.15) is 5.69 Å². The van der Waals surface area contributed by atoms with Crippen LogP contribution in [0.1, 0.15) is 16.1 Å². The van der Waals surface area contributed by atoms with Gasteiger partial charge in [-0.1, -0.05) is 17.4 Å². The Hall–Kier alpha value is -2.47. The molecule has 100 valence electrons. The molecule has 0 atom stereocenters. The van der Waals surface area contributed by atoms with Gasteiger partial charge in [-0.05, 0) is 36.8 Å². The second-order valence-corrected chi connectivity index (χ2v) is 5.40. The molecule has 0 aliphatic heterocycles. The molecule has 2 aromatic heterocycles. The number of nitrogens with one attached hydrogen (secondary N) is 1. The predicted molar refractivity (Wildman–Crippen MR) is 81.0 cm³/mol. The minimum Gasteiger partial charge on any atom is -0.399 e. The minimum atomic E-state index is -0.255. The van der Waals surface area contributed by atoms with E-state index >= 15 is 0 Å². The summed E-state index contributed by atoms with van der Waals surface area (Å²) >= 11 is 1.39. The van der Waals surface area contributed by atoms with Crippen LogP contribution in [-0.4, -0.2) is 15.9 Å². The summed E-state index contributed by atoms with van der Waals surface area (Å²) in [5, 5.41) is 3.32. The van der Waals surface area contributed by atoms with Crippen LogP contribution in [0, 0.1) is 6.92 Å². The maximum atomic E-state index is 12.1. The molecular formula is C14H12N4OS. The van der Waals surface area contributed by atoms with E-state index in [4.69, 9.17) is 5.73 Å². The van der Waals surface area contributed by atoms with Crippen LogP contribution in [0.3, 0.4) is 0 Å². The molecule has 2 heterocycles. The lowest BCUT2D eigenvalue weighted by atomic mass is 10.2. The molecule has 1 amide bonds. The zero-order chi connectivity index (χ0) is 14.1. The third-order valence-corrected chi connectivity index (χ3v) is 3.79. The van der Waals surface area contributed by atoms with Gasteiger partial charge in [-0.3, -0.25) is 15.1 Å². The van der Waals surface area contributed by atoms with Gasteiger partial charge in [-0.15, -0.1) is 0 Å². The first-order valence-corrected chi connectivity index (χ1v) is 6.84. The maximum absolute atomic E-state index is 12.1. The summed E-state index contributed by atoms with van der Waals surface area (Å²) < 4.78 is 0.943. The van der Waals surface area contributed by atoms with Crippen LogP contribution in [0.2, 0.25) is 0 Å². The number of thiazole rings is 1. The molecule has 3 rings (SSSR count). The summed E-state index contributed by atoms with van der Waals surface area (Å²) in [6.45, 7) is 1.85. The smallest absolute Gasteiger partial charge is 0.276 e. The molecule has 0 radical (unpaired) electrons. The number of pyridine rings is 1. The van der Waals surface area contributed by atoms with Crippen molar-refractivity contribution < 1.29 is 4.79 Å². The molecule has 0 fully saturated rings. The number of nitrogen functional groups attached to an aromatic ring is 1. The number of amides is 1. The van der Waals surface area contributed by atoms with Crippen LogP contribution in [0.25, 0.3) is 10.2 Å². The largest absolute Gasteiger partial charge is 0.399 e. The number of aromatic nitrogens is 2. The molecule has 0 saturated carbocycles. The van der Waals surface area contributed by atoms with Gasteiger partial charge in [0.05, 0.1) is 10.2 Å². The summed E-state index contributed by atoms with van der Waals surface area (Å²) in [4.78, 5) is 20.6. The van der Waals surface area contributed by atoms with Crippen molar-refractivity contribution in [1.29, 1.82) is 0 Å². The molecule has 5 nitrogen and oxygen atoms in total. The maximum Gasteiger partial charge on any atom is 0.276 e. The number of rotatable bonds is 2. The van der Waals surface area contributed by atoms with Gasteiger partial charge < -0.3 is 5.73 Å². The molecule has 0 aliphatic rings. The van der Waals surface area contributed by atoms with Crippen molar-refractivity contribution in [2.45, 2.75) is 6.92 Å². The van der Waals surface area contributed by atoms with Gasteiger partial charge in [-0.25, -0.2) is 4.98 Å². The van der Waals surface area contributed by atoms with Crippen molar-refractivity contribution in [3.8, 4) is 0 Å². The molecule has 6 heteroatoms. The van der Waals surface area contributed by atoms with E-state index in [9.17, 15) is 4.79 Å². The van der Waals surface area contributed by atoms with E-state index in [0.29, 0.717) is 16.5 Å². The highest BCUT2D eigenvalue weighted by Crippen LogP contribution is 2.27. The Kier molecular flexibility index (Phi) is 3.08. The Balaban J connectivity index is 1.89. The number of carbonyl (C=O) groups is 1. The number of benzene rings is 1. The van der Waals surface area contributed by atoms with Crippen LogP contribution >= 0.6 is 11.3 Å². The SMILES string of the molecule is Cc1cccnc1C(=O)Nc1nc2ccc(N)cc2s1. The minimum absolute atomic E-state index is 0.255. The molecule has 1 aromatic carbocycles. The number of carbonyl (C=O) groups excluding carboxylic acids is 1. The lowest BCUT2D eigenvalue weighted by Gasteiger charge is -2.03. The van der Waals surface area contributed by atoms with Crippen molar-refractivity contribution in [1.82, 2.24) is 9.97 Å². The molecule has 0 saturated heterocycles. The van der Waals surface area contributed by atoms with Gasteiger partial charge >= 0.3 is 0 Å². The molecule has 0 spiro atoms. The van der Waals surface area contributed by atoms with Crippen LogP contribution in [0.5, 0.6) is 0 Å². The van der Waals surface area contributed by atoms with Crippen LogP contribution in [0.15, 0.2) is 36.5 Å². The Morgan fingerprint density at radius 1 is 1.35 bits per heavy atom. The first-order valence-electron chi connectivity index (χ1n) is 6.02. The Morgan fingerprint density at radius 3 is 3.00 bits per heavy atom. The van der Waals surface area contributed by atoms with E-state index in [1.165, 1.54) is 11.3 Å². The molecule has 3 aromatic rings. The first kappa shape index (κ1) is 12.6. The predicted octanol–water partition coefficient (Wildman–Crippen LogP) is 2.83. The molecule has 0 bridgehead atoms. The average molecular weight is 284 g/mol. The fourth-order valence-corrected chi connectivity index (χ4v) is 2.78. The number of nitrogens with zero attached hydrogens (tertiary/aromatic N) is 2. The molecule has 20 heavy (non-hydrogen) atoms. The zero-order valence-corrected chi connectivity index (χ0v) is 11.6. The number of fused-ring (bicyclic) bond motifs is 1. The molecule has 0 aliphatic carbocycles. The fourth-order valence-electron chi connectivity index (χ4n) is 1.87. The van der Waals surface area contributed by atoms with E-state index < -0.39 is 0 Å². The number of nitrogens with two attached hydrogens (primary N) is 1. The number of anilines is 2. The van der Waals surface area contributed by atoms with Crippen molar-refractivity contribution in [2.75, 3.05) is 11.1 Å². The lowest BCUT2D eigenvalue weighted by Crippen LogP contribution is -2.14. The van der Waals surface area contributed by atoms with E-state index in [-0.39, 0.29) is 5.91 Å². The Morgan fingerprint density at radius 2 is 2.20 bits per heavy atom. The van der Waals surface area contributed by atoms with E-state index in [0.717, 1.165) is 15.8 Å².